The van der Waals surface area contributed by atoms with E-state index in [1.54, 1.807) is 98.8 Å². The van der Waals surface area contributed by atoms with Crippen LogP contribution in [0.15, 0.2) is 103 Å². The molecule has 4 aromatic heterocycles. The lowest BCUT2D eigenvalue weighted by atomic mass is 10.2. The summed E-state index contributed by atoms with van der Waals surface area (Å²) in [4.78, 5) is 38.7. The zero-order chi connectivity index (χ0) is 31.4. The lowest BCUT2D eigenvalue weighted by Gasteiger charge is -2.19. The first-order valence-corrected chi connectivity index (χ1v) is 18.5. The Balaban J connectivity index is 1.63. The molecule has 0 fully saturated rings. The summed E-state index contributed by atoms with van der Waals surface area (Å²) >= 11 is 0. The summed E-state index contributed by atoms with van der Waals surface area (Å²) in [5.41, 5.74) is 1.43. The van der Waals surface area contributed by atoms with Crippen LogP contribution in [-0.2, 0) is 22.7 Å². The third kappa shape index (κ3) is 6.55. The van der Waals surface area contributed by atoms with Gasteiger partial charge in [-0.1, -0.05) is 54.6 Å². The first-order valence-electron chi connectivity index (χ1n) is 13.6. The van der Waals surface area contributed by atoms with Crippen molar-refractivity contribution in [3.8, 4) is 22.8 Å². The summed E-state index contributed by atoms with van der Waals surface area (Å²) in [5.74, 6) is 0. The number of nitrogens with zero attached hydrogens (tertiary/aromatic N) is 4. The van der Waals surface area contributed by atoms with E-state index in [1.807, 2.05) is 6.07 Å². The SMILES string of the molecule is CCOP(=O)(O)c1cccc(-c2cccc(P(=O)(c3ccccc3)c3cccc(-c4cccc(P(=O)(O)OCC)n4)n3)n2)n1. The van der Waals surface area contributed by atoms with Crippen molar-refractivity contribution in [1.29, 1.82) is 0 Å². The van der Waals surface area contributed by atoms with E-state index in [0.29, 0.717) is 28.1 Å². The topological polar surface area (TPSA) is 162 Å². The zero-order valence-corrected chi connectivity index (χ0v) is 26.5. The molecule has 0 aliphatic heterocycles. The van der Waals surface area contributed by atoms with E-state index in [0.717, 1.165) is 0 Å². The fraction of sp³-hybridized carbons (Fsp3) is 0.133. The van der Waals surface area contributed by atoms with Crippen LogP contribution < -0.4 is 27.0 Å². The zero-order valence-electron chi connectivity index (χ0n) is 23.8. The first kappa shape index (κ1) is 31.8. The molecule has 2 atom stereocenters. The maximum absolute atomic E-state index is 15.2. The monoisotopic (exact) mass is 650 g/mol. The molecule has 0 amide bonds. The second kappa shape index (κ2) is 13.1. The van der Waals surface area contributed by atoms with Crippen molar-refractivity contribution in [2.24, 2.45) is 0 Å². The Bertz CT molecular complexity index is 1820. The van der Waals surface area contributed by atoms with Crippen LogP contribution in [0.4, 0.5) is 0 Å². The van der Waals surface area contributed by atoms with Crippen LogP contribution >= 0.6 is 22.3 Å². The summed E-state index contributed by atoms with van der Waals surface area (Å²) in [6.07, 6.45) is 0. The highest BCUT2D eigenvalue weighted by Crippen LogP contribution is 2.43. The highest BCUT2D eigenvalue weighted by atomic mass is 31.2. The van der Waals surface area contributed by atoms with Crippen molar-refractivity contribution in [3.05, 3.63) is 103 Å². The number of hydrogen-bond acceptors (Lipinski definition) is 9. The molecule has 2 unspecified atom stereocenters. The van der Waals surface area contributed by atoms with Crippen LogP contribution in [0.5, 0.6) is 0 Å². The second-order valence-corrected chi connectivity index (χ2v) is 15.5. The molecule has 0 saturated heterocycles. The summed E-state index contributed by atoms with van der Waals surface area (Å²) in [5, 5.41) is 0.477. The standard InChI is InChI=1S/C30H29N4O7P3/c1-3-40-43(36,37)29-20-10-16-25(33-29)23-14-8-18-27(31-23)42(35,22-12-6-5-7-13-22)28-19-9-15-24(32-28)26-17-11-21-30(34-26)44(38,39)41-4-2/h5-21H,3-4H2,1-2H3,(H,36,37)(H,38,39). The highest BCUT2D eigenvalue weighted by molar-refractivity contribution is 7.85. The maximum atomic E-state index is 15.2. The quantitative estimate of drug-likeness (QED) is 0.199. The van der Waals surface area contributed by atoms with E-state index in [-0.39, 0.29) is 35.0 Å². The minimum absolute atomic E-state index is 0.0331. The van der Waals surface area contributed by atoms with Gasteiger partial charge < -0.3 is 23.4 Å². The van der Waals surface area contributed by atoms with Gasteiger partial charge in [-0.25, -0.2) is 19.9 Å². The van der Waals surface area contributed by atoms with Gasteiger partial charge in [0, 0.05) is 5.30 Å². The third-order valence-electron chi connectivity index (χ3n) is 6.41. The fourth-order valence-electron chi connectivity index (χ4n) is 4.43. The van der Waals surface area contributed by atoms with Gasteiger partial charge in [-0.15, -0.1) is 0 Å². The van der Waals surface area contributed by atoms with Crippen molar-refractivity contribution < 1.29 is 32.5 Å². The Morgan fingerprint density at radius 3 is 1.20 bits per heavy atom. The Morgan fingerprint density at radius 1 is 0.500 bits per heavy atom. The molecule has 4 heterocycles. The summed E-state index contributed by atoms with van der Waals surface area (Å²) in [6.45, 7) is 3.29. The van der Waals surface area contributed by atoms with E-state index in [1.165, 1.54) is 12.1 Å². The van der Waals surface area contributed by atoms with Crippen LogP contribution in [-0.4, -0.2) is 42.9 Å². The molecule has 2 N–H and O–H groups in total. The molecule has 0 aliphatic rings. The predicted octanol–water partition coefficient (Wildman–Crippen LogP) is 3.93. The van der Waals surface area contributed by atoms with Gasteiger partial charge in [0.05, 0.1) is 36.0 Å². The molecule has 11 nitrogen and oxygen atoms in total. The normalized spacial score (nSPS) is 15.5. The summed E-state index contributed by atoms with van der Waals surface area (Å²) in [6, 6.07) is 28.0. The van der Waals surface area contributed by atoms with Crippen molar-refractivity contribution in [2.75, 3.05) is 13.2 Å². The van der Waals surface area contributed by atoms with E-state index in [9.17, 15) is 18.9 Å². The fourth-order valence-corrected chi connectivity index (χ4v) is 8.86. The molecule has 226 valence electrons. The van der Waals surface area contributed by atoms with Gasteiger partial charge in [0.2, 0.25) is 7.14 Å². The van der Waals surface area contributed by atoms with E-state index < -0.39 is 22.3 Å². The van der Waals surface area contributed by atoms with E-state index >= 15 is 4.57 Å². The lowest BCUT2D eigenvalue weighted by molar-refractivity contribution is 0.282. The second-order valence-electron chi connectivity index (χ2n) is 9.35. The molecular formula is C30H29N4O7P3. The third-order valence-corrected chi connectivity index (χ3v) is 12.1. The molecule has 0 saturated carbocycles. The van der Waals surface area contributed by atoms with Crippen molar-refractivity contribution in [1.82, 2.24) is 19.9 Å². The maximum Gasteiger partial charge on any atom is 0.376 e. The van der Waals surface area contributed by atoms with Crippen molar-refractivity contribution in [3.63, 3.8) is 0 Å². The Morgan fingerprint density at radius 2 is 0.841 bits per heavy atom. The molecule has 1 aromatic carbocycles. The molecule has 5 rings (SSSR count). The van der Waals surface area contributed by atoms with Crippen LogP contribution in [0, 0.1) is 0 Å². The summed E-state index contributed by atoms with van der Waals surface area (Å²) < 4.78 is 50.5. The largest absolute Gasteiger partial charge is 0.376 e. The van der Waals surface area contributed by atoms with Gasteiger partial charge >= 0.3 is 15.2 Å². The van der Waals surface area contributed by atoms with Gasteiger partial charge in [-0.3, -0.25) is 9.13 Å². The number of rotatable bonds is 11. The van der Waals surface area contributed by atoms with E-state index in [2.05, 4.69) is 9.97 Å². The van der Waals surface area contributed by atoms with Crippen LogP contribution in [0.2, 0.25) is 0 Å². The smallest absolute Gasteiger partial charge is 0.320 e. The van der Waals surface area contributed by atoms with Gasteiger partial charge in [-0.2, -0.15) is 0 Å². The molecule has 0 aliphatic carbocycles. The molecular weight excluding hydrogens is 621 g/mol. The van der Waals surface area contributed by atoms with Crippen LogP contribution in [0.3, 0.4) is 0 Å². The minimum Gasteiger partial charge on any atom is -0.320 e. The highest BCUT2D eigenvalue weighted by Gasteiger charge is 2.34. The lowest BCUT2D eigenvalue weighted by Crippen LogP contribution is -2.29. The number of aromatic nitrogens is 4. The Kier molecular flexibility index (Phi) is 9.49. The number of pyridine rings is 4. The van der Waals surface area contributed by atoms with Crippen LogP contribution in [0.1, 0.15) is 13.8 Å². The van der Waals surface area contributed by atoms with Gasteiger partial charge in [0.15, 0.2) is 10.9 Å². The predicted molar refractivity (Wildman–Crippen MR) is 170 cm³/mol. The molecule has 0 bridgehead atoms. The molecule has 0 spiro atoms. The average molecular weight is 651 g/mol. The van der Waals surface area contributed by atoms with Crippen LogP contribution in [0.25, 0.3) is 22.8 Å². The van der Waals surface area contributed by atoms with Gasteiger partial charge in [0.1, 0.15) is 10.9 Å². The molecule has 44 heavy (non-hydrogen) atoms. The van der Waals surface area contributed by atoms with E-state index in [4.69, 9.17) is 19.0 Å². The van der Waals surface area contributed by atoms with Crippen molar-refractivity contribution >= 4 is 49.4 Å². The Hall–Kier alpha value is -3.65. The Labute approximate surface area is 254 Å². The molecule has 5 aromatic rings. The van der Waals surface area contributed by atoms with Gasteiger partial charge in [0.25, 0.3) is 0 Å². The molecule has 14 heteroatoms. The van der Waals surface area contributed by atoms with Gasteiger partial charge in [-0.05, 0) is 62.4 Å². The number of benzene rings is 1. The summed E-state index contributed by atoms with van der Waals surface area (Å²) in [7, 11) is -12.0. The minimum atomic E-state index is -4.14. The van der Waals surface area contributed by atoms with Crippen molar-refractivity contribution in [2.45, 2.75) is 13.8 Å². The molecule has 0 radical (unpaired) electrons. The number of hydrogen-bond donors (Lipinski definition) is 2. The first-order chi connectivity index (χ1) is 21.1. The average Bonchev–Trinajstić information content (AvgIpc) is 3.05.